The van der Waals surface area contributed by atoms with Gasteiger partial charge in [0.1, 0.15) is 12.2 Å². The van der Waals surface area contributed by atoms with Crippen molar-refractivity contribution in [2.24, 2.45) is 0 Å². The van der Waals surface area contributed by atoms with Gasteiger partial charge in [-0.25, -0.2) is 0 Å². The van der Waals surface area contributed by atoms with Gasteiger partial charge in [-0.2, -0.15) is 0 Å². The molecular weight excluding hydrogens is 270 g/mol. The second-order valence-corrected chi connectivity index (χ2v) is 1.53. The van der Waals surface area contributed by atoms with Crippen molar-refractivity contribution in [2.45, 2.75) is 12.2 Å². The quantitative estimate of drug-likeness (QED) is 0.475. The summed E-state index contributed by atoms with van der Waals surface area (Å²) >= 11 is 0. The van der Waals surface area contributed by atoms with Crippen molar-refractivity contribution in [1.29, 1.82) is 0 Å². The fourth-order valence-electron chi connectivity index (χ4n) is 0.258. The number of hydrogen-bond acceptors (Lipinski definition) is 6. The molecular formula is C4H14KNaO10. The molecule has 2 unspecified atom stereocenters. The summed E-state index contributed by atoms with van der Waals surface area (Å²) in [7, 11) is 0. The Hall–Kier alpha value is 1.34. The molecule has 0 saturated carbocycles. The monoisotopic (exact) mass is 284 g/mol. The third-order valence-corrected chi connectivity index (χ3v) is 0.782. The molecule has 92 valence electrons. The molecule has 0 aromatic rings. The average molecular weight is 284 g/mol. The molecule has 0 bridgehead atoms. The Morgan fingerprint density at radius 3 is 1.06 bits per heavy atom. The van der Waals surface area contributed by atoms with Crippen LogP contribution < -0.4 is 91.2 Å². The normalized spacial score (nSPS) is 9.88. The number of aliphatic carboxylic acids is 2. The number of aliphatic hydroxyl groups is 2. The van der Waals surface area contributed by atoms with E-state index in [9.17, 15) is 19.8 Å². The molecule has 0 saturated heterocycles. The number of rotatable bonds is 3. The van der Waals surface area contributed by atoms with Crippen molar-refractivity contribution in [2.75, 3.05) is 0 Å². The zero-order valence-electron chi connectivity index (χ0n) is 8.68. The smallest absolute Gasteiger partial charge is 0.547 e. The van der Waals surface area contributed by atoms with Crippen molar-refractivity contribution in [3.63, 3.8) is 0 Å². The van der Waals surface area contributed by atoms with E-state index in [2.05, 4.69) is 0 Å². The maximum atomic E-state index is 9.63. The van der Waals surface area contributed by atoms with Crippen LogP contribution in [0, 0.1) is 0 Å². The number of aliphatic hydroxyl groups excluding tert-OH is 2. The van der Waals surface area contributed by atoms with Gasteiger partial charge in [-0.1, -0.05) is 0 Å². The van der Waals surface area contributed by atoms with Crippen molar-refractivity contribution in [3.05, 3.63) is 0 Å². The number of carboxylic acids is 2. The van der Waals surface area contributed by atoms with E-state index in [-0.39, 0.29) is 104 Å². The maximum absolute atomic E-state index is 9.63. The van der Waals surface area contributed by atoms with E-state index < -0.39 is 24.1 Å². The predicted octanol–water partition coefficient (Wildman–Crippen LogP) is -13.8. The first-order valence-electron chi connectivity index (χ1n) is 2.24. The summed E-state index contributed by atoms with van der Waals surface area (Å²) in [4.78, 5) is 19.3. The summed E-state index contributed by atoms with van der Waals surface area (Å²) in [5.74, 6) is -4.12. The molecule has 10 N–H and O–H groups in total. The average Bonchev–Trinajstić information content (AvgIpc) is 1.84. The summed E-state index contributed by atoms with van der Waals surface area (Å²) in [6, 6.07) is 0. The van der Waals surface area contributed by atoms with Crippen LogP contribution in [0.15, 0.2) is 0 Å². The third-order valence-electron chi connectivity index (χ3n) is 0.782. The van der Waals surface area contributed by atoms with Crippen LogP contribution in [0.25, 0.3) is 0 Å². The summed E-state index contributed by atoms with van der Waals surface area (Å²) in [6.07, 6.45) is -4.88. The first-order valence-corrected chi connectivity index (χ1v) is 2.24. The van der Waals surface area contributed by atoms with E-state index in [1.807, 2.05) is 0 Å². The molecule has 0 radical (unpaired) electrons. The molecule has 10 nitrogen and oxygen atoms in total. The Balaban J connectivity index is -0.0000000193. The molecule has 0 rings (SSSR count). The molecule has 2 atom stereocenters. The van der Waals surface area contributed by atoms with Gasteiger partial charge in [0.25, 0.3) is 0 Å². The van der Waals surface area contributed by atoms with E-state index in [0.29, 0.717) is 0 Å². The van der Waals surface area contributed by atoms with Gasteiger partial charge in [0.15, 0.2) is 0 Å². The molecule has 0 fully saturated rings. The minimum atomic E-state index is -2.44. The van der Waals surface area contributed by atoms with Gasteiger partial charge < -0.3 is 51.9 Å². The van der Waals surface area contributed by atoms with Gasteiger partial charge in [-0.3, -0.25) is 0 Å². The first kappa shape index (κ1) is 43.3. The van der Waals surface area contributed by atoms with E-state index in [4.69, 9.17) is 10.2 Å². The van der Waals surface area contributed by atoms with E-state index >= 15 is 0 Å². The molecule has 0 spiro atoms. The van der Waals surface area contributed by atoms with E-state index in [1.54, 1.807) is 0 Å². The SMILES string of the molecule is O.O.O.O.O=C([O-])C(O)C(O)C(=O)[O-].[HH].[K+].[Na+]. The molecule has 0 aliphatic rings. The molecule has 0 aromatic heterocycles. The van der Waals surface area contributed by atoms with Gasteiger partial charge >= 0.3 is 80.9 Å². The summed E-state index contributed by atoms with van der Waals surface area (Å²) in [5, 5.41) is 35.7. The fourth-order valence-corrected chi connectivity index (χ4v) is 0.258. The van der Waals surface area contributed by atoms with Crippen LogP contribution in [0.4, 0.5) is 0 Å². The predicted molar refractivity (Wildman–Crippen MR) is 38.6 cm³/mol. The van der Waals surface area contributed by atoms with Crippen molar-refractivity contribution in [3.8, 4) is 0 Å². The van der Waals surface area contributed by atoms with Gasteiger partial charge in [0, 0.05) is 1.43 Å². The van der Waals surface area contributed by atoms with Crippen LogP contribution in [0.1, 0.15) is 1.43 Å². The third kappa shape index (κ3) is 17.7. The second-order valence-electron chi connectivity index (χ2n) is 1.53. The number of carboxylic acid groups (broad SMARTS) is 2. The zero-order valence-corrected chi connectivity index (χ0v) is 13.8. The molecule has 0 aromatic carbocycles. The van der Waals surface area contributed by atoms with Crippen molar-refractivity contribution < 1.29 is 134 Å². The molecule has 0 aliphatic heterocycles. The topological polar surface area (TPSA) is 247 Å². The molecule has 16 heavy (non-hydrogen) atoms. The standard InChI is InChI=1S/C4H6O6.K.Na.4H2O.H2/c5-1(3(7)8)2(6)4(9)10;;;;;;;/h1-2,5-6H,(H,7,8)(H,9,10);;;4*1H2;1H/q;2*+1;;;;;/p-2. The molecule has 0 aliphatic carbocycles. The van der Waals surface area contributed by atoms with E-state index in [1.165, 1.54) is 0 Å². The van der Waals surface area contributed by atoms with Crippen LogP contribution in [0.3, 0.4) is 0 Å². The maximum Gasteiger partial charge on any atom is 1.00 e. The van der Waals surface area contributed by atoms with Gasteiger partial charge in [0.2, 0.25) is 0 Å². The molecule has 0 amide bonds. The second kappa shape index (κ2) is 21.6. The summed E-state index contributed by atoms with van der Waals surface area (Å²) in [6.45, 7) is 0. The van der Waals surface area contributed by atoms with Crippen molar-refractivity contribution in [1.82, 2.24) is 0 Å². The summed E-state index contributed by atoms with van der Waals surface area (Å²) < 4.78 is 0. The van der Waals surface area contributed by atoms with E-state index in [0.717, 1.165) is 0 Å². The zero-order chi connectivity index (χ0) is 8.31. The van der Waals surface area contributed by atoms with Crippen LogP contribution in [0.2, 0.25) is 0 Å². The van der Waals surface area contributed by atoms with Crippen LogP contribution in [0.5, 0.6) is 0 Å². The Morgan fingerprint density at radius 2 is 1.00 bits per heavy atom. The van der Waals surface area contributed by atoms with Crippen LogP contribution in [-0.4, -0.2) is 56.3 Å². The Morgan fingerprint density at radius 1 is 0.875 bits per heavy atom. The number of carbonyl (C=O) groups excluding carboxylic acids is 2. The fraction of sp³-hybridized carbons (Fsp3) is 0.500. The molecule has 12 heteroatoms. The minimum absolute atomic E-state index is 0. The van der Waals surface area contributed by atoms with Crippen molar-refractivity contribution >= 4 is 11.9 Å². The molecule has 0 heterocycles. The van der Waals surface area contributed by atoms with Gasteiger partial charge in [-0.05, 0) is 0 Å². The summed E-state index contributed by atoms with van der Waals surface area (Å²) in [5.41, 5.74) is 0. The van der Waals surface area contributed by atoms with Crippen LogP contribution in [-0.2, 0) is 9.59 Å². The Labute approximate surface area is 156 Å². The largest absolute Gasteiger partial charge is 1.00 e. The minimum Gasteiger partial charge on any atom is -0.547 e. The van der Waals surface area contributed by atoms with Gasteiger partial charge in [-0.15, -0.1) is 0 Å². The van der Waals surface area contributed by atoms with Crippen LogP contribution >= 0.6 is 0 Å². The number of hydrogen-bond donors (Lipinski definition) is 2. The van der Waals surface area contributed by atoms with Gasteiger partial charge in [0.05, 0.1) is 11.9 Å². The Kier molecular flexibility index (Phi) is 58.5. The number of carbonyl (C=O) groups is 2. The Bertz CT molecular complexity index is 152. The first-order chi connectivity index (χ1) is 4.46.